The second-order valence-electron chi connectivity index (χ2n) is 8.06. The van der Waals surface area contributed by atoms with Gasteiger partial charge in [0.2, 0.25) is 11.7 Å². The van der Waals surface area contributed by atoms with Crippen LogP contribution in [-0.4, -0.2) is 40.4 Å². The van der Waals surface area contributed by atoms with Crippen LogP contribution >= 0.6 is 11.6 Å². The third-order valence-electron chi connectivity index (χ3n) is 5.75. The molecule has 0 saturated heterocycles. The lowest BCUT2D eigenvalue weighted by Gasteiger charge is -2.12. The van der Waals surface area contributed by atoms with E-state index in [1.54, 1.807) is 35.3 Å². The van der Waals surface area contributed by atoms with Crippen molar-refractivity contribution in [2.24, 2.45) is 0 Å². The van der Waals surface area contributed by atoms with Gasteiger partial charge in [0, 0.05) is 49.1 Å². The van der Waals surface area contributed by atoms with Crippen molar-refractivity contribution in [2.45, 2.75) is 6.42 Å². The molecule has 0 radical (unpaired) electrons. The van der Waals surface area contributed by atoms with Crippen molar-refractivity contribution in [2.75, 3.05) is 17.2 Å². The summed E-state index contributed by atoms with van der Waals surface area (Å²) in [4.78, 5) is 34.0. The minimum atomic E-state index is -0.298. The fourth-order valence-corrected chi connectivity index (χ4v) is 4.24. The number of nitrogens with one attached hydrogen (secondary N) is 3. The zero-order valence-electron chi connectivity index (χ0n) is 18.9. The standard InChI is InChI=1S/C25H20ClN9O/c26-20-3-1-2-4-21(20)35-23(36)19-14-30-24(33-22(19)34-12-11-29-25(34)35)32-17-7-5-16(6-8-17)28-10-9-18-13-27-15-31-18/h1-8,11-15,28H,9-10H2,(H,27,31)(H,30,32,33). The highest BCUT2D eigenvalue weighted by molar-refractivity contribution is 6.32. The molecular weight excluding hydrogens is 478 g/mol. The Hall–Kier alpha value is -4.70. The molecule has 0 fully saturated rings. The molecule has 0 aliphatic rings. The van der Waals surface area contributed by atoms with Crippen LogP contribution in [-0.2, 0) is 6.42 Å². The number of anilines is 3. The van der Waals surface area contributed by atoms with Crippen molar-refractivity contribution in [3.8, 4) is 5.69 Å². The van der Waals surface area contributed by atoms with E-state index in [1.165, 1.54) is 10.8 Å². The van der Waals surface area contributed by atoms with Crippen molar-refractivity contribution >= 4 is 45.7 Å². The molecule has 2 aromatic carbocycles. The summed E-state index contributed by atoms with van der Waals surface area (Å²) in [7, 11) is 0. The van der Waals surface area contributed by atoms with Gasteiger partial charge >= 0.3 is 0 Å². The molecular formula is C25H20ClN9O. The second kappa shape index (κ2) is 9.16. The van der Waals surface area contributed by atoms with Crippen molar-refractivity contribution in [1.29, 1.82) is 0 Å². The van der Waals surface area contributed by atoms with Gasteiger partial charge in [0.1, 0.15) is 5.39 Å². The van der Waals surface area contributed by atoms with Gasteiger partial charge in [-0.3, -0.25) is 9.20 Å². The Bertz CT molecular complexity index is 1720. The Kier molecular flexibility index (Phi) is 5.55. The zero-order valence-corrected chi connectivity index (χ0v) is 19.6. The van der Waals surface area contributed by atoms with Gasteiger partial charge in [-0.15, -0.1) is 0 Å². The number of aromatic amines is 1. The van der Waals surface area contributed by atoms with Crippen LogP contribution in [0.2, 0.25) is 5.02 Å². The molecule has 4 aromatic heterocycles. The number of hydrogen-bond donors (Lipinski definition) is 3. The summed E-state index contributed by atoms with van der Waals surface area (Å²) in [6, 6.07) is 15.0. The summed E-state index contributed by atoms with van der Waals surface area (Å²) in [5.41, 5.74) is 3.52. The van der Waals surface area contributed by atoms with Crippen LogP contribution in [0.15, 0.2) is 84.4 Å². The number of imidazole rings is 2. The quantitative estimate of drug-likeness (QED) is 0.302. The summed E-state index contributed by atoms with van der Waals surface area (Å²) in [6.45, 7) is 0.776. The topological polar surface area (TPSA) is 118 Å². The lowest BCUT2D eigenvalue weighted by Crippen LogP contribution is -2.22. The highest BCUT2D eigenvalue weighted by Gasteiger charge is 2.17. The molecule has 0 bridgehead atoms. The molecule has 0 aliphatic carbocycles. The van der Waals surface area contributed by atoms with Crippen LogP contribution in [0.25, 0.3) is 22.5 Å². The molecule has 11 heteroatoms. The number of fused-ring (bicyclic) bond motifs is 3. The van der Waals surface area contributed by atoms with E-state index in [4.69, 9.17) is 11.6 Å². The molecule has 0 aliphatic heterocycles. The van der Waals surface area contributed by atoms with Crippen molar-refractivity contribution in [1.82, 2.24) is 33.9 Å². The Balaban J connectivity index is 1.28. The maximum absolute atomic E-state index is 13.4. The average molecular weight is 498 g/mol. The monoisotopic (exact) mass is 497 g/mol. The van der Waals surface area contributed by atoms with Crippen molar-refractivity contribution < 1.29 is 0 Å². The van der Waals surface area contributed by atoms with E-state index < -0.39 is 0 Å². The summed E-state index contributed by atoms with van der Waals surface area (Å²) in [5, 5.41) is 7.38. The molecule has 0 atom stereocenters. The van der Waals surface area contributed by atoms with E-state index in [2.05, 4.69) is 35.6 Å². The van der Waals surface area contributed by atoms with E-state index >= 15 is 0 Å². The molecule has 6 aromatic rings. The fourth-order valence-electron chi connectivity index (χ4n) is 4.02. The molecule has 10 nitrogen and oxygen atoms in total. The third kappa shape index (κ3) is 4.03. The van der Waals surface area contributed by atoms with Crippen LogP contribution in [0.4, 0.5) is 17.3 Å². The van der Waals surface area contributed by atoms with Crippen molar-refractivity contribution in [3.63, 3.8) is 0 Å². The van der Waals surface area contributed by atoms with Gasteiger partial charge in [-0.2, -0.15) is 4.98 Å². The smallest absolute Gasteiger partial charge is 0.270 e. The zero-order chi connectivity index (χ0) is 24.5. The van der Waals surface area contributed by atoms with E-state index in [1.807, 2.05) is 42.6 Å². The van der Waals surface area contributed by atoms with Gasteiger partial charge in [-0.25, -0.2) is 19.5 Å². The summed E-state index contributed by atoms with van der Waals surface area (Å²) < 4.78 is 3.22. The fraction of sp³-hybridized carbons (Fsp3) is 0.0800. The maximum Gasteiger partial charge on any atom is 0.270 e. The van der Waals surface area contributed by atoms with Crippen LogP contribution in [0.5, 0.6) is 0 Å². The lowest BCUT2D eigenvalue weighted by molar-refractivity contribution is 0.961. The average Bonchev–Trinajstić information content (AvgIpc) is 3.59. The Morgan fingerprint density at radius 1 is 1.00 bits per heavy atom. The van der Waals surface area contributed by atoms with Gasteiger partial charge in [-0.1, -0.05) is 23.7 Å². The van der Waals surface area contributed by atoms with Gasteiger partial charge in [0.15, 0.2) is 5.65 Å². The normalized spacial score (nSPS) is 11.2. The number of H-pyrrole nitrogens is 1. The molecule has 36 heavy (non-hydrogen) atoms. The molecule has 178 valence electrons. The maximum atomic E-state index is 13.4. The molecule has 6 rings (SSSR count). The minimum absolute atomic E-state index is 0.298. The summed E-state index contributed by atoms with van der Waals surface area (Å²) in [6.07, 6.45) is 9.29. The van der Waals surface area contributed by atoms with Gasteiger partial charge < -0.3 is 15.6 Å². The van der Waals surface area contributed by atoms with Gasteiger partial charge in [0.25, 0.3) is 5.56 Å². The van der Waals surface area contributed by atoms with Crippen LogP contribution < -0.4 is 16.2 Å². The summed E-state index contributed by atoms with van der Waals surface area (Å²) >= 11 is 6.38. The number of benzene rings is 2. The highest BCUT2D eigenvalue weighted by Crippen LogP contribution is 2.23. The first-order valence-electron chi connectivity index (χ1n) is 11.3. The van der Waals surface area contributed by atoms with E-state index in [0.29, 0.717) is 33.5 Å². The lowest BCUT2D eigenvalue weighted by atomic mass is 10.2. The van der Waals surface area contributed by atoms with E-state index in [0.717, 1.165) is 30.0 Å². The number of aromatic nitrogens is 7. The van der Waals surface area contributed by atoms with E-state index in [-0.39, 0.29) is 5.56 Å². The molecule has 0 unspecified atom stereocenters. The first-order valence-corrected chi connectivity index (χ1v) is 11.6. The first kappa shape index (κ1) is 21.8. The largest absolute Gasteiger partial charge is 0.385 e. The molecule has 0 saturated carbocycles. The van der Waals surface area contributed by atoms with Crippen molar-refractivity contribution in [3.05, 3.63) is 101 Å². The first-order chi connectivity index (χ1) is 17.7. The number of hydrogen-bond acceptors (Lipinski definition) is 7. The molecule has 4 heterocycles. The third-order valence-corrected chi connectivity index (χ3v) is 6.07. The number of rotatable bonds is 7. The highest BCUT2D eigenvalue weighted by atomic mass is 35.5. The predicted octanol–water partition coefficient (Wildman–Crippen LogP) is 4.20. The Morgan fingerprint density at radius 2 is 1.83 bits per heavy atom. The van der Waals surface area contributed by atoms with Crippen LogP contribution in [0, 0.1) is 0 Å². The molecule has 3 N–H and O–H groups in total. The number of halogens is 1. The van der Waals surface area contributed by atoms with Gasteiger partial charge in [0.05, 0.1) is 22.7 Å². The SMILES string of the molecule is O=c1c2cnc(Nc3ccc(NCCc4c[nH]cn4)cc3)nc2n2ccnc2n1-c1ccccc1Cl. The second-order valence-corrected chi connectivity index (χ2v) is 8.47. The number of para-hydroxylation sites is 1. The molecule has 0 amide bonds. The Labute approximate surface area is 209 Å². The summed E-state index contributed by atoms with van der Waals surface area (Å²) in [5.74, 6) is 0.780. The minimum Gasteiger partial charge on any atom is -0.385 e. The van der Waals surface area contributed by atoms with Gasteiger partial charge in [-0.05, 0) is 36.4 Å². The van der Waals surface area contributed by atoms with E-state index in [9.17, 15) is 4.79 Å². The predicted molar refractivity (Wildman–Crippen MR) is 139 cm³/mol. The molecule has 0 spiro atoms. The van der Waals surface area contributed by atoms with Crippen LogP contribution in [0.3, 0.4) is 0 Å². The number of nitrogens with zero attached hydrogens (tertiary/aromatic N) is 6. The Morgan fingerprint density at radius 3 is 2.64 bits per heavy atom. The van der Waals surface area contributed by atoms with Crippen LogP contribution in [0.1, 0.15) is 5.69 Å².